The maximum atomic E-state index is 13.0. The number of thiophene rings is 1. The lowest BCUT2D eigenvalue weighted by Gasteiger charge is -2.33. The molecule has 27 heavy (non-hydrogen) atoms. The van der Waals surface area contributed by atoms with Gasteiger partial charge < -0.3 is 9.47 Å². The fourth-order valence-corrected chi connectivity index (χ4v) is 6.94. The monoisotopic (exact) mass is 467 g/mol. The summed E-state index contributed by atoms with van der Waals surface area (Å²) >= 11 is 4.50. The van der Waals surface area contributed by atoms with Crippen molar-refractivity contribution in [1.82, 2.24) is 13.8 Å². The van der Waals surface area contributed by atoms with E-state index in [0.29, 0.717) is 36.1 Å². The van der Waals surface area contributed by atoms with E-state index in [9.17, 15) is 13.2 Å². The van der Waals surface area contributed by atoms with Crippen LogP contribution in [0.25, 0.3) is 10.9 Å². The van der Waals surface area contributed by atoms with Crippen molar-refractivity contribution >= 4 is 54.1 Å². The topological polar surface area (TPSA) is 62.6 Å². The molecule has 3 heterocycles. The van der Waals surface area contributed by atoms with Crippen LogP contribution in [0.1, 0.15) is 10.5 Å². The molecule has 142 valence electrons. The highest BCUT2D eigenvalue weighted by atomic mass is 79.9. The summed E-state index contributed by atoms with van der Waals surface area (Å²) in [6.45, 7) is 1.36. The molecule has 0 spiro atoms. The third kappa shape index (κ3) is 3.33. The summed E-state index contributed by atoms with van der Waals surface area (Å²) in [6.07, 6.45) is 0. The van der Waals surface area contributed by atoms with Crippen molar-refractivity contribution in [3.63, 3.8) is 0 Å². The van der Waals surface area contributed by atoms with Gasteiger partial charge in [-0.05, 0) is 40.2 Å². The lowest BCUT2D eigenvalue weighted by molar-refractivity contribution is 0.0689. The number of fused-ring (bicyclic) bond motifs is 1. The van der Waals surface area contributed by atoms with E-state index in [1.54, 1.807) is 17.0 Å². The molecule has 1 amide bonds. The molecule has 9 heteroatoms. The number of halogens is 1. The summed E-state index contributed by atoms with van der Waals surface area (Å²) in [5.41, 5.74) is 1.63. The highest BCUT2D eigenvalue weighted by molar-refractivity contribution is 9.11. The van der Waals surface area contributed by atoms with E-state index in [-0.39, 0.29) is 5.91 Å². The number of para-hydroxylation sites is 1. The first kappa shape index (κ1) is 18.7. The van der Waals surface area contributed by atoms with Gasteiger partial charge in [0.2, 0.25) is 0 Å². The molecule has 0 N–H and O–H groups in total. The first-order chi connectivity index (χ1) is 12.9. The molecular weight excluding hydrogens is 450 g/mol. The quantitative estimate of drug-likeness (QED) is 0.594. The van der Waals surface area contributed by atoms with Crippen molar-refractivity contribution in [2.75, 3.05) is 26.2 Å². The molecule has 0 aliphatic carbocycles. The standard InChI is InChI=1S/C18H18BrN3O3S2/c1-20-14-5-3-2-4-13(14)12-15(20)18(23)21-8-10-22(11-9-21)27(24,25)17-7-6-16(19)26-17/h2-7,12H,8-11H2,1H3. The maximum Gasteiger partial charge on any atom is 0.270 e. The van der Waals surface area contributed by atoms with Crippen LogP contribution in [-0.4, -0.2) is 54.3 Å². The van der Waals surface area contributed by atoms with Gasteiger partial charge in [-0.15, -0.1) is 11.3 Å². The van der Waals surface area contributed by atoms with Gasteiger partial charge in [-0.25, -0.2) is 8.42 Å². The van der Waals surface area contributed by atoms with Gasteiger partial charge in [0.25, 0.3) is 15.9 Å². The van der Waals surface area contributed by atoms with Crippen molar-refractivity contribution in [2.24, 2.45) is 7.05 Å². The van der Waals surface area contributed by atoms with Gasteiger partial charge in [0, 0.05) is 44.1 Å². The minimum absolute atomic E-state index is 0.0652. The van der Waals surface area contributed by atoms with Crippen molar-refractivity contribution in [2.45, 2.75) is 4.21 Å². The van der Waals surface area contributed by atoms with Crippen LogP contribution >= 0.6 is 27.3 Å². The minimum Gasteiger partial charge on any atom is -0.340 e. The van der Waals surface area contributed by atoms with Gasteiger partial charge in [-0.1, -0.05) is 18.2 Å². The summed E-state index contributed by atoms with van der Waals surface area (Å²) in [7, 11) is -1.63. The second-order valence-corrected chi connectivity index (χ2v) is 11.0. The zero-order valence-corrected chi connectivity index (χ0v) is 17.8. The highest BCUT2D eigenvalue weighted by Gasteiger charge is 2.32. The van der Waals surface area contributed by atoms with Gasteiger partial charge in [0.15, 0.2) is 0 Å². The van der Waals surface area contributed by atoms with E-state index in [1.165, 1.54) is 15.6 Å². The molecule has 1 saturated heterocycles. The van der Waals surface area contributed by atoms with E-state index in [2.05, 4.69) is 15.9 Å². The average Bonchev–Trinajstić information content (AvgIpc) is 3.26. The first-order valence-corrected chi connectivity index (χ1v) is 11.5. The summed E-state index contributed by atoms with van der Waals surface area (Å²) in [6, 6.07) is 13.1. The Morgan fingerprint density at radius 2 is 1.78 bits per heavy atom. The van der Waals surface area contributed by atoms with Gasteiger partial charge in [0.05, 0.1) is 3.79 Å². The second-order valence-electron chi connectivity index (χ2n) is 6.40. The number of aromatic nitrogens is 1. The van der Waals surface area contributed by atoms with Crippen LogP contribution in [0.4, 0.5) is 0 Å². The largest absolute Gasteiger partial charge is 0.340 e. The van der Waals surface area contributed by atoms with E-state index >= 15 is 0 Å². The van der Waals surface area contributed by atoms with Crippen LogP contribution in [0, 0.1) is 0 Å². The third-order valence-corrected chi connectivity index (χ3v) is 8.83. The molecule has 0 atom stereocenters. The molecule has 0 radical (unpaired) electrons. The molecule has 1 fully saturated rings. The molecule has 1 aliphatic rings. The zero-order valence-electron chi connectivity index (χ0n) is 14.6. The zero-order chi connectivity index (χ0) is 19.2. The lowest BCUT2D eigenvalue weighted by atomic mass is 10.2. The molecular formula is C18H18BrN3O3S2. The van der Waals surface area contributed by atoms with Gasteiger partial charge in [0.1, 0.15) is 9.90 Å². The molecule has 2 aromatic heterocycles. The molecule has 4 rings (SSSR count). The maximum absolute atomic E-state index is 13.0. The number of amides is 1. The number of carbonyl (C=O) groups is 1. The molecule has 1 aliphatic heterocycles. The Bertz CT molecular complexity index is 1110. The Balaban J connectivity index is 1.50. The molecule has 0 bridgehead atoms. The number of piperazine rings is 1. The van der Waals surface area contributed by atoms with Crippen molar-refractivity contribution < 1.29 is 13.2 Å². The SMILES string of the molecule is Cn1c(C(=O)N2CCN(S(=O)(=O)c3ccc(Br)s3)CC2)cc2ccccc21. The summed E-state index contributed by atoms with van der Waals surface area (Å²) in [5.74, 6) is -0.0652. The van der Waals surface area contributed by atoms with E-state index in [0.717, 1.165) is 14.7 Å². The number of aryl methyl sites for hydroxylation is 1. The van der Waals surface area contributed by atoms with Gasteiger partial charge in [-0.3, -0.25) is 4.79 Å². The molecule has 1 aromatic carbocycles. The fraction of sp³-hybridized carbons (Fsp3) is 0.278. The number of benzene rings is 1. The fourth-order valence-electron chi connectivity index (χ4n) is 3.35. The van der Waals surface area contributed by atoms with Gasteiger partial charge in [-0.2, -0.15) is 4.31 Å². The Morgan fingerprint density at radius 1 is 1.07 bits per heavy atom. The molecule has 3 aromatic rings. The lowest BCUT2D eigenvalue weighted by Crippen LogP contribution is -2.50. The van der Waals surface area contributed by atoms with Crippen LogP contribution in [0.15, 0.2) is 50.5 Å². The number of hydrogen-bond donors (Lipinski definition) is 0. The number of nitrogens with zero attached hydrogens (tertiary/aromatic N) is 3. The Kier molecular flexibility index (Phi) is 4.87. The Labute approximate surface area is 170 Å². The van der Waals surface area contributed by atoms with Crippen molar-refractivity contribution in [3.05, 3.63) is 51.9 Å². The number of carbonyl (C=O) groups excluding carboxylic acids is 1. The van der Waals surface area contributed by atoms with Crippen LogP contribution in [0.3, 0.4) is 0 Å². The van der Waals surface area contributed by atoms with Crippen LogP contribution in [-0.2, 0) is 17.1 Å². The Morgan fingerprint density at radius 3 is 2.41 bits per heavy atom. The van der Waals surface area contributed by atoms with Crippen LogP contribution < -0.4 is 0 Å². The number of hydrogen-bond acceptors (Lipinski definition) is 4. The second kappa shape index (κ2) is 7.05. The molecule has 0 saturated carbocycles. The highest BCUT2D eigenvalue weighted by Crippen LogP contribution is 2.29. The van der Waals surface area contributed by atoms with Crippen molar-refractivity contribution in [3.8, 4) is 0 Å². The predicted octanol–water partition coefficient (Wildman–Crippen LogP) is 3.15. The van der Waals surface area contributed by atoms with Crippen molar-refractivity contribution in [1.29, 1.82) is 0 Å². The molecule has 6 nitrogen and oxygen atoms in total. The smallest absolute Gasteiger partial charge is 0.270 e. The van der Waals surface area contributed by atoms with Crippen LogP contribution in [0.2, 0.25) is 0 Å². The summed E-state index contributed by atoms with van der Waals surface area (Å²) < 4.78 is 29.9. The average molecular weight is 468 g/mol. The summed E-state index contributed by atoms with van der Waals surface area (Å²) in [4.78, 5) is 14.7. The minimum atomic E-state index is -3.50. The van der Waals surface area contributed by atoms with E-state index in [1.807, 2.05) is 41.9 Å². The first-order valence-electron chi connectivity index (χ1n) is 8.47. The normalized spacial score (nSPS) is 16.1. The predicted molar refractivity (Wildman–Crippen MR) is 110 cm³/mol. The van der Waals surface area contributed by atoms with E-state index in [4.69, 9.17) is 0 Å². The van der Waals surface area contributed by atoms with Crippen LogP contribution in [0.5, 0.6) is 0 Å². The van der Waals surface area contributed by atoms with E-state index < -0.39 is 10.0 Å². The van der Waals surface area contributed by atoms with Gasteiger partial charge >= 0.3 is 0 Å². The Hall–Kier alpha value is -1.68. The number of rotatable bonds is 3. The third-order valence-electron chi connectivity index (χ3n) is 4.84. The summed E-state index contributed by atoms with van der Waals surface area (Å²) in [5, 5.41) is 1.02. The number of sulfonamides is 1. The molecule has 0 unspecified atom stereocenters.